The summed E-state index contributed by atoms with van der Waals surface area (Å²) in [7, 11) is 1.63. The molecule has 1 fully saturated rings. The van der Waals surface area contributed by atoms with E-state index in [0.717, 1.165) is 22.7 Å². The molecule has 0 spiro atoms. The van der Waals surface area contributed by atoms with Crippen molar-refractivity contribution in [3.05, 3.63) is 66.9 Å². The largest absolute Gasteiger partial charge is 0.497 e. The highest BCUT2D eigenvalue weighted by Crippen LogP contribution is 2.32. The summed E-state index contributed by atoms with van der Waals surface area (Å²) in [6, 6.07) is 13.3. The molecule has 0 saturated carbocycles. The summed E-state index contributed by atoms with van der Waals surface area (Å²) in [6.45, 7) is 2.26. The molecule has 1 N–H and O–H groups in total. The number of benzene rings is 2. The normalized spacial score (nSPS) is 13.9. The Labute approximate surface area is 189 Å². The average molecular weight is 447 g/mol. The van der Waals surface area contributed by atoms with E-state index in [9.17, 15) is 9.18 Å². The molecular weight excluding hydrogens is 425 g/mol. The van der Waals surface area contributed by atoms with Crippen molar-refractivity contribution in [2.24, 2.45) is 0 Å². The summed E-state index contributed by atoms with van der Waals surface area (Å²) in [5, 5.41) is 7.20. The number of amides is 2. The van der Waals surface area contributed by atoms with E-state index in [2.05, 4.69) is 25.3 Å². The van der Waals surface area contributed by atoms with E-state index >= 15 is 0 Å². The Bertz CT molecular complexity index is 1270. The first-order chi connectivity index (χ1) is 16.1. The minimum atomic E-state index is -0.342. The highest BCUT2D eigenvalue weighted by molar-refractivity contribution is 5.89. The number of rotatable bonds is 4. The number of halogens is 1. The Morgan fingerprint density at radius 2 is 1.73 bits per heavy atom. The Morgan fingerprint density at radius 3 is 2.42 bits per heavy atom. The third kappa shape index (κ3) is 4.14. The van der Waals surface area contributed by atoms with Crippen LogP contribution in [0.25, 0.3) is 16.9 Å². The lowest BCUT2D eigenvalue weighted by molar-refractivity contribution is 0.208. The number of aromatic nitrogens is 4. The van der Waals surface area contributed by atoms with Crippen LogP contribution in [0.5, 0.6) is 5.75 Å². The van der Waals surface area contributed by atoms with E-state index in [0.29, 0.717) is 37.6 Å². The first-order valence-electron chi connectivity index (χ1n) is 10.5. The summed E-state index contributed by atoms with van der Waals surface area (Å²) in [6.07, 6.45) is 3.28. The molecule has 33 heavy (non-hydrogen) atoms. The molecule has 5 rings (SSSR count). The molecule has 0 bridgehead atoms. The maximum absolute atomic E-state index is 13.1. The first kappa shape index (κ1) is 20.7. The van der Waals surface area contributed by atoms with Gasteiger partial charge in [-0.1, -0.05) is 12.1 Å². The summed E-state index contributed by atoms with van der Waals surface area (Å²) >= 11 is 0. The predicted molar refractivity (Wildman–Crippen MR) is 122 cm³/mol. The molecule has 0 atom stereocenters. The number of ether oxygens (including phenoxy) is 1. The van der Waals surface area contributed by atoms with Crippen LogP contribution >= 0.6 is 0 Å². The molecule has 9 nitrogen and oxygen atoms in total. The van der Waals surface area contributed by atoms with Gasteiger partial charge in [-0.3, -0.25) is 0 Å². The SMILES string of the molecule is COc1ccc(-c2cnc3ncnn3c2N2CCN(C(=O)Nc3ccc(F)cc3)CC2)cc1. The van der Waals surface area contributed by atoms with E-state index in [1.807, 2.05) is 24.3 Å². The van der Waals surface area contributed by atoms with E-state index < -0.39 is 0 Å². The van der Waals surface area contributed by atoms with Gasteiger partial charge in [0.1, 0.15) is 23.7 Å². The molecule has 1 aliphatic rings. The quantitative estimate of drug-likeness (QED) is 0.517. The van der Waals surface area contributed by atoms with Crippen molar-refractivity contribution in [1.29, 1.82) is 0 Å². The highest BCUT2D eigenvalue weighted by atomic mass is 19.1. The van der Waals surface area contributed by atoms with Crippen molar-refractivity contribution in [3.63, 3.8) is 0 Å². The van der Waals surface area contributed by atoms with Crippen LogP contribution in [0.1, 0.15) is 0 Å². The van der Waals surface area contributed by atoms with Gasteiger partial charge in [-0.2, -0.15) is 14.6 Å². The number of hydrogen-bond donors (Lipinski definition) is 1. The monoisotopic (exact) mass is 447 g/mol. The average Bonchev–Trinajstić information content (AvgIpc) is 3.34. The number of fused-ring (bicyclic) bond motifs is 1. The van der Waals surface area contributed by atoms with Gasteiger partial charge in [-0.25, -0.2) is 14.2 Å². The molecule has 2 aromatic heterocycles. The third-order valence-corrected chi connectivity index (χ3v) is 5.64. The number of nitrogens with one attached hydrogen (secondary N) is 1. The molecule has 0 aliphatic carbocycles. The summed E-state index contributed by atoms with van der Waals surface area (Å²) < 4.78 is 20.1. The molecule has 0 unspecified atom stereocenters. The number of urea groups is 1. The predicted octanol–water partition coefficient (Wildman–Crippen LogP) is 3.29. The maximum atomic E-state index is 13.1. The summed E-state index contributed by atoms with van der Waals surface area (Å²) in [5.41, 5.74) is 2.45. The molecule has 2 aromatic carbocycles. The van der Waals surface area contributed by atoms with Crippen molar-refractivity contribution < 1.29 is 13.9 Å². The van der Waals surface area contributed by atoms with Crippen LogP contribution in [0.15, 0.2) is 61.1 Å². The van der Waals surface area contributed by atoms with Crippen molar-refractivity contribution in [2.45, 2.75) is 0 Å². The molecule has 10 heteroatoms. The molecule has 2 amide bonds. The summed E-state index contributed by atoms with van der Waals surface area (Å²) in [5.74, 6) is 1.82. The second kappa shape index (κ2) is 8.73. The van der Waals surface area contributed by atoms with Crippen molar-refractivity contribution >= 4 is 23.3 Å². The lowest BCUT2D eigenvalue weighted by Crippen LogP contribution is -2.50. The van der Waals surface area contributed by atoms with Gasteiger partial charge < -0.3 is 19.9 Å². The van der Waals surface area contributed by atoms with Gasteiger partial charge in [0, 0.05) is 43.6 Å². The Hall–Kier alpha value is -4.21. The number of anilines is 2. The zero-order valence-electron chi connectivity index (χ0n) is 18.0. The second-order valence-electron chi connectivity index (χ2n) is 7.61. The number of methoxy groups -OCH3 is 1. The Balaban J connectivity index is 1.37. The van der Waals surface area contributed by atoms with Crippen LogP contribution in [-0.2, 0) is 0 Å². The fraction of sp³-hybridized carbons (Fsp3) is 0.217. The van der Waals surface area contributed by atoms with Crippen LogP contribution in [0.4, 0.5) is 20.7 Å². The first-order valence-corrected chi connectivity index (χ1v) is 10.5. The number of nitrogens with zero attached hydrogens (tertiary/aromatic N) is 6. The van der Waals surface area contributed by atoms with Crippen molar-refractivity contribution in [3.8, 4) is 16.9 Å². The number of piperazine rings is 1. The number of hydrogen-bond acceptors (Lipinski definition) is 6. The van der Waals surface area contributed by atoms with Crippen molar-refractivity contribution in [2.75, 3.05) is 43.5 Å². The minimum Gasteiger partial charge on any atom is -0.497 e. The summed E-state index contributed by atoms with van der Waals surface area (Å²) in [4.78, 5) is 25.3. The fourth-order valence-corrected chi connectivity index (χ4v) is 3.90. The lowest BCUT2D eigenvalue weighted by Gasteiger charge is -2.36. The molecule has 1 aliphatic heterocycles. The van der Waals surface area contributed by atoms with Crippen molar-refractivity contribution in [1.82, 2.24) is 24.5 Å². The Kier molecular flexibility index (Phi) is 5.47. The number of carbonyl (C=O) groups is 1. The molecular formula is C23H22FN7O2. The van der Waals surface area contributed by atoms with Gasteiger partial charge >= 0.3 is 6.03 Å². The number of carbonyl (C=O) groups excluding carboxylic acids is 1. The maximum Gasteiger partial charge on any atom is 0.321 e. The molecule has 168 valence electrons. The van der Waals surface area contributed by atoms with Crippen LogP contribution in [-0.4, -0.2) is 63.8 Å². The van der Waals surface area contributed by atoms with E-state index in [4.69, 9.17) is 4.74 Å². The van der Waals surface area contributed by atoms with Gasteiger partial charge in [0.15, 0.2) is 0 Å². The Morgan fingerprint density at radius 1 is 1.00 bits per heavy atom. The minimum absolute atomic E-state index is 0.211. The van der Waals surface area contributed by atoms with Crippen LogP contribution in [0, 0.1) is 5.82 Å². The van der Waals surface area contributed by atoms with Crippen LogP contribution in [0.3, 0.4) is 0 Å². The lowest BCUT2D eigenvalue weighted by atomic mass is 10.1. The van der Waals surface area contributed by atoms with Crippen LogP contribution < -0.4 is 15.0 Å². The van der Waals surface area contributed by atoms with Crippen LogP contribution in [0.2, 0.25) is 0 Å². The smallest absolute Gasteiger partial charge is 0.321 e. The van der Waals surface area contributed by atoms with Gasteiger partial charge in [0.05, 0.1) is 7.11 Å². The van der Waals surface area contributed by atoms with Gasteiger partial charge in [-0.05, 0) is 42.0 Å². The van der Waals surface area contributed by atoms with E-state index in [1.54, 1.807) is 34.9 Å². The topological polar surface area (TPSA) is 87.9 Å². The zero-order chi connectivity index (χ0) is 22.8. The van der Waals surface area contributed by atoms with E-state index in [1.165, 1.54) is 18.5 Å². The third-order valence-electron chi connectivity index (χ3n) is 5.64. The molecule has 0 radical (unpaired) electrons. The molecule has 3 heterocycles. The fourth-order valence-electron chi connectivity index (χ4n) is 3.90. The molecule has 1 saturated heterocycles. The second-order valence-corrected chi connectivity index (χ2v) is 7.61. The van der Waals surface area contributed by atoms with Gasteiger partial charge in [-0.15, -0.1) is 0 Å². The standard InChI is InChI=1S/C23H22FN7O2/c1-33-19-8-2-16(3-9-19)20-14-25-22-26-15-27-31(22)21(20)29-10-12-30(13-11-29)23(32)28-18-6-4-17(24)5-7-18/h2-9,14-15H,10-13H2,1H3,(H,28,32). The zero-order valence-corrected chi connectivity index (χ0v) is 18.0. The highest BCUT2D eigenvalue weighted by Gasteiger charge is 2.25. The van der Waals surface area contributed by atoms with Gasteiger partial charge in [0.25, 0.3) is 5.78 Å². The van der Waals surface area contributed by atoms with Gasteiger partial charge in [0.2, 0.25) is 0 Å². The van der Waals surface area contributed by atoms with E-state index in [-0.39, 0.29) is 11.8 Å². The molecule has 4 aromatic rings.